The highest BCUT2D eigenvalue weighted by Crippen LogP contribution is 2.40. The average Bonchev–Trinajstić information content (AvgIpc) is 2.55. The third-order valence-electron chi connectivity index (χ3n) is 2.60. The largest absolute Gasteiger partial charge is 0.244 e. The number of aromatic nitrogens is 4. The maximum Gasteiger partial charge on any atom is 0.116 e. The molecule has 3 rings (SSSR count). The summed E-state index contributed by atoms with van der Waals surface area (Å²) in [5.41, 5.74) is 5.52. The van der Waals surface area contributed by atoms with Gasteiger partial charge in [-0.1, -0.05) is 6.58 Å². The maximum absolute atomic E-state index is 4.25. The SMILES string of the molecule is C=C1c2cncnc2-c2ncnc(C)c21. The fraction of sp³-hybridized carbons (Fsp3) is 0.0909. The summed E-state index contributed by atoms with van der Waals surface area (Å²) in [6.45, 7) is 5.99. The Bertz CT molecular complexity index is 575. The summed E-state index contributed by atoms with van der Waals surface area (Å²) in [5, 5.41) is 0. The van der Waals surface area contributed by atoms with E-state index in [4.69, 9.17) is 0 Å². The molecule has 0 atom stereocenters. The molecule has 0 fully saturated rings. The summed E-state index contributed by atoms with van der Waals surface area (Å²) in [4.78, 5) is 16.6. The predicted octanol–water partition coefficient (Wildman–Crippen LogP) is 1.62. The number of nitrogens with zero attached hydrogens (tertiary/aromatic N) is 4. The van der Waals surface area contributed by atoms with Crippen LogP contribution in [0, 0.1) is 6.92 Å². The molecule has 15 heavy (non-hydrogen) atoms. The molecule has 0 saturated carbocycles. The van der Waals surface area contributed by atoms with Crippen LogP contribution in [0.25, 0.3) is 17.0 Å². The number of rotatable bonds is 0. The van der Waals surface area contributed by atoms with Crippen molar-refractivity contribution in [3.63, 3.8) is 0 Å². The molecule has 0 unspecified atom stereocenters. The highest BCUT2D eigenvalue weighted by atomic mass is 14.9. The van der Waals surface area contributed by atoms with Crippen LogP contribution in [0.5, 0.6) is 0 Å². The van der Waals surface area contributed by atoms with Crippen molar-refractivity contribution in [2.75, 3.05) is 0 Å². The smallest absolute Gasteiger partial charge is 0.116 e. The van der Waals surface area contributed by atoms with Crippen molar-refractivity contribution in [1.82, 2.24) is 19.9 Å². The van der Waals surface area contributed by atoms with Gasteiger partial charge in [-0.05, 0) is 12.5 Å². The molecule has 2 heterocycles. The molecule has 72 valence electrons. The van der Waals surface area contributed by atoms with Gasteiger partial charge in [-0.15, -0.1) is 0 Å². The standard InChI is InChI=1S/C11H8N4/c1-6-8-3-12-4-14-10(8)11-9(6)7(2)13-5-15-11/h3-5H,1H2,2H3. The molecule has 2 aromatic rings. The summed E-state index contributed by atoms with van der Waals surface area (Å²) in [6.07, 6.45) is 4.85. The average molecular weight is 196 g/mol. The zero-order valence-electron chi connectivity index (χ0n) is 8.23. The third-order valence-corrected chi connectivity index (χ3v) is 2.60. The molecule has 2 aromatic heterocycles. The van der Waals surface area contributed by atoms with Crippen LogP contribution in [-0.2, 0) is 0 Å². The molecule has 1 aliphatic rings. The van der Waals surface area contributed by atoms with E-state index in [0.29, 0.717) is 0 Å². The fourth-order valence-electron chi connectivity index (χ4n) is 1.89. The maximum atomic E-state index is 4.25. The van der Waals surface area contributed by atoms with Gasteiger partial charge in [0.2, 0.25) is 0 Å². The van der Waals surface area contributed by atoms with E-state index in [1.54, 1.807) is 12.5 Å². The molecule has 0 saturated heterocycles. The zero-order valence-corrected chi connectivity index (χ0v) is 8.23. The minimum atomic E-state index is 0.857. The molecule has 4 heteroatoms. The molecule has 0 spiro atoms. The molecule has 0 aromatic carbocycles. The van der Waals surface area contributed by atoms with Gasteiger partial charge in [-0.25, -0.2) is 19.9 Å². The lowest BCUT2D eigenvalue weighted by Crippen LogP contribution is -1.92. The predicted molar refractivity (Wildman–Crippen MR) is 55.9 cm³/mol. The normalized spacial score (nSPS) is 12.5. The quantitative estimate of drug-likeness (QED) is 0.548. The minimum Gasteiger partial charge on any atom is -0.244 e. The highest BCUT2D eigenvalue weighted by molar-refractivity contribution is 5.97. The van der Waals surface area contributed by atoms with Crippen LogP contribution in [-0.4, -0.2) is 19.9 Å². The van der Waals surface area contributed by atoms with E-state index in [1.807, 2.05) is 6.92 Å². The zero-order chi connectivity index (χ0) is 10.4. The van der Waals surface area contributed by atoms with Gasteiger partial charge < -0.3 is 0 Å². The second-order valence-corrected chi connectivity index (χ2v) is 3.45. The summed E-state index contributed by atoms with van der Waals surface area (Å²) < 4.78 is 0. The first-order valence-corrected chi connectivity index (χ1v) is 4.60. The first-order valence-electron chi connectivity index (χ1n) is 4.60. The lowest BCUT2D eigenvalue weighted by Gasteiger charge is -2.00. The van der Waals surface area contributed by atoms with Gasteiger partial charge in [0.05, 0.1) is 0 Å². The Morgan fingerprint density at radius 2 is 1.87 bits per heavy atom. The van der Waals surface area contributed by atoms with Crippen LogP contribution < -0.4 is 0 Å². The summed E-state index contributed by atoms with van der Waals surface area (Å²) in [5.74, 6) is 0. The molecule has 1 aliphatic carbocycles. The molecule has 0 aliphatic heterocycles. The van der Waals surface area contributed by atoms with Gasteiger partial charge >= 0.3 is 0 Å². The van der Waals surface area contributed by atoms with Crippen LogP contribution in [0.15, 0.2) is 25.4 Å². The van der Waals surface area contributed by atoms with Crippen LogP contribution in [0.2, 0.25) is 0 Å². The summed E-state index contributed by atoms with van der Waals surface area (Å²) in [7, 11) is 0. The van der Waals surface area contributed by atoms with Gasteiger partial charge in [0, 0.05) is 23.0 Å². The van der Waals surface area contributed by atoms with Crippen LogP contribution >= 0.6 is 0 Å². The molecule has 0 bridgehead atoms. The fourth-order valence-corrected chi connectivity index (χ4v) is 1.89. The van der Waals surface area contributed by atoms with Gasteiger partial charge in [-0.3, -0.25) is 0 Å². The molecule has 0 N–H and O–H groups in total. The minimum absolute atomic E-state index is 0.857. The molecular weight excluding hydrogens is 188 g/mol. The van der Waals surface area contributed by atoms with Crippen molar-refractivity contribution in [2.24, 2.45) is 0 Å². The Labute approximate surface area is 86.8 Å². The van der Waals surface area contributed by atoms with Gasteiger partial charge in [-0.2, -0.15) is 0 Å². The Kier molecular flexibility index (Phi) is 1.48. The van der Waals surface area contributed by atoms with Crippen molar-refractivity contribution in [3.05, 3.63) is 42.3 Å². The van der Waals surface area contributed by atoms with Gasteiger partial charge in [0.1, 0.15) is 24.0 Å². The van der Waals surface area contributed by atoms with Crippen molar-refractivity contribution < 1.29 is 0 Å². The second-order valence-electron chi connectivity index (χ2n) is 3.45. The second kappa shape index (κ2) is 2.70. The van der Waals surface area contributed by atoms with Crippen LogP contribution in [0.4, 0.5) is 0 Å². The third kappa shape index (κ3) is 0.958. The van der Waals surface area contributed by atoms with Crippen molar-refractivity contribution >= 4 is 5.57 Å². The van der Waals surface area contributed by atoms with Gasteiger partial charge in [0.25, 0.3) is 0 Å². The Morgan fingerprint density at radius 3 is 2.73 bits per heavy atom. The van der Waals surface area contributed by atoms with Gasteiger partial charge in [0.15, 0.2) is 0 Å². The number of hydrogen-bond donors (Lipinski definition) is 0. The number of aryl methyl sites for hydroxylation is 1. The first-order chi connectivity index (χ1) is 7.29. The van der Waals surface area contributed by atoms with E-state index < -0.39 is 0 Å². The topological polar surface area (TPSA) is 51.6 Å². The van der Waals surface area contributed by atoms with E-state index in [9.17, 15) is 0 Å². The van der Waals surface area contributed by atoms with E-state index in [1.165, 1.54) is 6.33 Å². The van der Waals surface area contributed by atoms with E-state index in [0.717, 1.165) is 33.8 Å². The van der Waals surface area contributed by atoms with Crippen molar-refractivity contribution in [1.29, 1.82) is 0 Å². The molecule has 0 amide bonds. The lowest BCUT2D eigenvalue weighted by molar-refractivity contribution is 1.09. The molecular formula is C11H8N4. The summed E-state index contributed by atoms with van der Waals surface area (Å²) in [6, 6.07) is 0. The lowest BCUT2D eigenvalue weighted by atomic mass is 10.1. The van der Waals surface area contributed by atoms with E-state index >= 15 is 0 Å². The van der Waals surface area contributed by atoms with Crippen LogP contribution in [0.3, 0.4) is 0 Å². The monoisotopic (exact) mass is 196 g/mol. The Morgan fingerprint density at radius 1 is 1.07 bits per heavy atom. The van der Waals surface area contributed by atoms with E-state index in [-0.39, 0.29) is 0 Å². The first kappa shape index (κ1) is 8.23. The molecule has 4 nitrogen and oxygen atoms in total. The van der Waals surface area contributed by atoms with E-state index in [2.05, 4.69) is 26.5 Å². The van der Waals surface area contributed by atoms with Crippen molar-refractivity contribution in [3.8, 4) is 11.4 Å². The van der Waals surface area contributed by atoms with Crippen LogP contribution in [0.1, 0.15) is 16.8 Å². The highest BCUT2D eigenvalue weighted by Gasteiger charge is 2.26. The molecule has 0 radical (unpaired) electrons. The number of hydrogen-bond acceptors (Lipinski definition) is 4. The van der Waals surface area contributed by atoms with Crippen molar-refractivity contribution in [2.45, 2.75) is 6.92 Å². The Hall–Kier alpha value is -2.10. The Balaban J connectivity index is 2.43. The summed E-state index contributed by atoms with van der Waals surface area (Å²) >= 11 is 0. The number of fused-ring (bicyclic) bond motifs is 3.